The first kappa shape index (κ1) is 35.6. The summed E-state index contributed by atoms with van der Waals surface area (Å²) in [5.41, 5.74) is 4.11. The Labute approximate surface area is 254 Å². The van der Waals surface area contributed by atoms with Gasteiger partial charge in [0.15, 0.2) is 11.5 Å². The van der Waals surface area contributed by atoms with Crippen LogP contribution in [-0.2, 0) is 19.4 Å². The molecule has 6 nitrogen and oxygen atoms in total. The molecule has 0 saturated carbocycles. The van der Waals surface area contributed by atoms with E-state index in [1.165, 1.54) is 42.4 Å². The minimum Gasteiger partial charge on any atom is -0.497 e. The number of piperazine rings is 1. The van der Waals surface area contributed by atoms with E-state index in [0.717, 1.165) is 75.8 Å². The van der Waals surface area contributed by atoms with Crippen LogP contribution in [0.3, 0.4) is 0 Å². The molecule has 222 valence electrons. The van der Waals surface area contributed by atoms with Gasteiger partial charge in [-0.2, -0.15) is 0 Å². The predicted octanol–water partition coefficient (Wildman–Crippen LogP) is 6.45. The van der Waals surface area contributed by atoms with Gasteiger partial charge < -0.3 is 14.2 Å². The fraction of sp³-hybridized carbons (Fsp3) is 0.600. The van der Waals surface area contributed by atoms with Crippen LogP contribution in [0.1, 0.15) is 55.7 Å². The Morgan fingerprint density at radius 2 is 1.54 bits per heavy atom. The molecule has 1 heterocycles. The summed E-state index contributed by atoms with van der Waals surface area (Å²) in [7, 11) is 5.21. The van der Waals surface area contributed by atoms with Gasteiger partial charge in [-0.3, -0.25) is 4.90 Å². The number of hydrogen-bond acceptors (Lipinski definition) is 6. The summed E-state index contributed by atoms with van der Waals surface area (Å²) in [5, 5.41) is 5.40. The molecule has 0 N–H and O–H groups in total. The molecule has 0 aromatic heterocycles. The van der Waals surface area contributed by atoms with Gasteiger partial charge in [-0.15, -0.1) is 37.2 Å². The zero-order valence-electron chi connectivity index (χ0n) is 24.0. The number of hydrogen-bond donors (Lipinski definition) is 0. The Kier molecular flexibility index (Phi) is 16.5. The van der Waals surface area contributed by atoms with Crippen molar-refractivity contribution in [2.75, 3.05) is 54.1 Å². The van der Waals surface area contributed by atoms with Gasteiger partial charge in [-0.1, -0.05) is 44.4 Å². The number of halogens is 3. The number of fused-ring (bicyclic) bond motifs is 1. The van der Waals surface area contributed by atoms with E-state index in [1.807, 2.05) is 0 Å². The Hall–Kier alpha value is -1.41. The van der Waals surface area contributed by atoms with Crippen molar-refractivity contribution in [3.63, 3.8) is 0 Å². The molecule has 1 saturated heterocycles. The second kappa shape index (κ2) is 18.1. The van der Waals surface area contributed by atoms with E-state index in [1.54, 1.807) is 21.3 Å². The van der Waals surface area contributed by atoms with Gasteiger partial charge in [-0.05, 0) is 55.0 Å². The lowest BCUT2D eigenvalue weighted by atomic mass is 9.87. The van der Waals surface area contributed by atoms with Crippen LogP contribution in [0.5, 0.6) is 17.2 Å². The maximum atomic E-state index is 5.75. The molecule has 4 rings (SSSR count). The fourth-order valence-corrected chi connectivity index (χ4v) is 5.82. The van der Waals surface area contributed by atoms with E-state index in [2.05, 4.69) is 58.2 Å². The van der Waals surface area contributed by atoms with E-state index in [4.69, 9.17) is 14.2 Å². The highest BCUT2D eigenvalue weighted by molar-refractivity contribution is 5.86. The molecular formula is C30H48Cl3N3O3. The van der Waals surface area contributed by atoms with E-state index >= 15 is 0 Å². The van der Waals surface area contributed by atoms with Crippen molar-refractivity contribution in [2.45, 2.75) is 64.5 Å². The number of benzene rings is 2. The molecule has 0 radical (unpaired) electrons. The molecule has 2 aromatic rings. The average molecular weight is 605 g/mol. The lowest BCUT2D eigenvalue weighted by Gasteiger charge is -2.46. The summed E-state index contributed by atoms with van der Waals surface area (Å²) in [5.74, 6) is 2.70. The average Bonchev–Trinajstić information content (AvgIpc) is 2.93. The third-order valence-electron chi connectivity index (χ3n) is 7.87. The van der Waals surface area contributed by atoms with Gasteiger partial charge in [0.2, 0.25) is 0 Å². The standard InChI is InChI=1S/C30H45N3O3.3ClH/c1-5-6-7-8-17-33(26-12-15-28-25(22-26)11-16-29(35-3)30(28)36-4)32-20-18-31(19-21-32)23-24-9-13-27(34-2)14-10-24;;;/h9-11,13-14,16,26H,5-8,12,15,17-23H2,1-4H3;3*1H. The molecule has 0 spiro atoms. The summed E-state index contributed by atoms with van der Waals surface area (Å²) in [6, 6.07) is 13.4. The molecule has 0 amide bonds. The predicted molar refractivity (Wildman–Crippen MR) is 168 cm³/mol. The highest BCUT2D eigenvalue weighted by atomic mass is 35.5. The van der Waals surface area contributed by atoms with E-state index in [-0.39, 0.29) is 37.2 Å². The fourth-order valence-electron chi connectivity index (χ4n) is 5.82. The summed E-state index contributed by atoms with van der Waals surface area (Å²) in [6.07, 6.45) is 8.49. The van der Waals surface area contributed by atoms with E-state index in [0.29, 0.717) is 6.04 Å². The lowest BCUT2D eigenvalue weighted by Crippen LogP contribution is -2.57. The Bertz CT molecular complexity index is 956. The molecule has 1 aliphatic carbocycles. The van der Waals surface area contributed by atoms with Gasteiger partial charge in [0.05, 0.1) is 21.3 Å². The molecule has 1 unspecified atom stereocenters. The van der Waals surface area contributed by atoms with Crippen LogP contribution in [0.2, 0.25) is 0 Å². The van der Waals surface area contributed by atoms with Crippen LogP contribution in [0.15, 0.2) is 36.4 Å². The van der Waals surface area contributed by atoms with Crippen LogP contribution in [0.25, 0.3) is 0 Å². The van der Waals surface area contributed by atoms with Crippen LogP contribution in [0, 0.1) is 0 Å². The molecule has 1 aliphatic heterocycles. The topological polar surface area (TPSA) is 37.4 Å². The first-order valence-corrected chi connectivity index (χ1v) is 13.8. The van der Waals surface area contributed by atoms with Crippen molar-refractivity contribution in [3.8, 4) is 17.2 Å². The third-order valence-corrected chi connectivity index (χ3v) is 7.87. The number of rotatable bonds is 12. The second-order valence-corrected chi connectivity index (χ2v) is 10.1. The maximum absolute atomic E-state index is 5.75. The molecule has 0 bridgehead atoms. The first-order chi connectivity index (χ1) is 17.7. The second-order valence-electron chi connectivity index (χ2n) is 10.1. The number of methoxy groups -OCH3 is 3. The molecule has 1 fully saturated rings. The van der Waals surface area contributed by atoms with Crippen molar-refractivity contribution in [1.82, 2.24) is 14.9 Å². The molecule has 2 aliphatic rings. The molecule has 9 heteroatoms. The number of hydrazine groups is 1. The van der Waals surface area contributed by atoms with Crippen molar-refractivity contribution in [1.29, 1.82) is 0 Å². The summed E-state index contributed by atoms with van der Waals surface area (Å²) in [6.45, 7) is 8.86. The van der Waals surface area contributed by atoms with Gasteiger partial charge in [0, 0.05) is 50.9 Å². The monoisotopic (exact) mass is 603 g/mol. The summed E-state index contributed by atoms with van der Waals surface area (Å²) < 4.78 is 16.6. The largest absolute Gasteiger partial charge is 0.497 e. The molecule has 1 atom stereocenters. The maximum Gasteiger partial charge on any atom is 0.164 e. The summed E-state index contributed by atoms with van der Waals surface area (Å²) >= 11 is 0. The molecule has 2 aromatic carbocycles. The Morgan fingerprint density at radius 1 is 0.821 bits per heavy atom. The van der Waals surface area contributed by atoms with Crippen LogP contribution < -0.4 is 14.2 Å². The van der Waals surface area contributed by atoms with Crippen molar-refractivity contribution < 1.29 is 14.2 Å². The minimum atomic E-state index is 0. The van der Waals surface area contributed by atoms with Gasteiger partial charge in [0.25, 0.3) is 0 Å². The van der Waals surface area contributed by atoms with Crippen LogP contribution in [-0.4, -0.2) is 75.0 Å². The first-order valence-electron chi connectivity index (χ1n) is 13.8. The summed E-state index contributed by atoms with van der Waals surface area (Å²) in [4.78, 5) is 2.58. The zero-order valence-corrected chi connectivity index (χ0v) is 26.5. The quantitative estimate of drug-likeness (QED) is 0.259. The molecule has 39 heavy (non-hydrogen) atoms. The van der Waals surface area contributed by atoms with E-state index < -0.39 is 0 Å². The Balaban J connectivity index is 0.00000253. The highest BCUT2D eigenvalue weighted by Gasteiger charge is 2.31. The van der Waals surface area contributed by atoms with Gasteiger partial charge in [-0.25, -0.2) is 10.0 Å². The van der Waals surface area contributed by atoms with Gasteiger partial charge in [0.1, 0.15) is 5.75 Å². The zero-order chi connectivity index (χ0) is 25.3. The van der Waals surface area contributed by atoms with Crippen LogP contribution in [0.4, 0.5) is 0 Å². The van der Waals surface area contributed by atoms with Crippen molar-refractivity contribution in [2.24, 2.45) is 0 Å². The normalized spacial score (nSPS) is 17.3. The third kappa shape index (κ3) is 9.31. The minimum absolute atomic E-state index is 0. The van der Waals surface area contributed by atoms with Crippen LogP contribution >= 0.6 is 37.2 Å². The molecular weight excluding hydrogens is 557 g/mol. The Morgan fingerprint density at radius 3 is 2.15 bits per heavy atom. The lowest BCUT2D eigenvalue weighted by molar-refractivity contribution is -0.0915. The number of ether oxygens (including phenoxy) is 3. The highest BCUT2D eigenvalue weighted by Crippen LogP contribution is 2.38. The van der Waals surface area contributed by atoms with Crippen molar-refractivity contribution >= 4 is 37.2 Å². The van der Waals surface area contributed by atoms with Crippen molar-refractivity contribution in [3.05, 3.63) is 53.1 Å². The number of nitrogens with zero attached hydrogens (tertiary/aromatic N) is 3. The smallest absolute Gasteiger partial charge is 0.164 e. The van der Waals surface area contributed by atoms with Gasteiger partial charge >= 0.3 is 0 Å². The SMILES string of the molecule is CCCCCCN(C1CCc2c(ccc(OC)c2OC)C1)N1CCN(Cc2ccc(OC)cc2)CC1.Cl.Cl.Cl. The number of unbranched alkanes of at least 4 members (excludes halogenated alkanes) is 3. The van der Waals surface area contributed by atoms with E-state index in [9.17, 15) is 0 Å².